The summed E-state index contributed by atoms with van der Waals surface area (Å²) in [5, 5.41) is 4.35. The number of furan rings is 1. The van der Waals surface area contributed by atoms with E-state index in [2.05, 4.69) is 42.6 Å². The molecule has 0 aliphatic carbocycles. The Kier molecular flexibility index (Phi) is 7.57. The number of nitrogens with one attached hydrogen (secondary N) is 1. The van der Waals surface area contributed by atoms with Gasteiger partial charge in [-0.25, -0.2) is 0 Å². The Morgan fingerprint density at radius 2 is 1.68 bits per heavy atom. The number of rotatable bonds is 7. The monoisotopic (exact) mass is 375 g/mol. The van der Waals surface area contributed by atoms with Gasteiger partial charge in [-0.15, -0.1) is 12.4 Å². The molecule has 0 bridgehead atoms. The molecule has 2 nitrogen and oxygen atoms in total. The summed E-state index contributed by atoms with van der Waals surface area (Å²) < 4.78 is 5.97. The van der Waals surface area contributed by atoms with E-state index >= 15 is 0 Å². The Labute approximate surface area is 160 Å². The van der Waals surface area contributed by atoms with E-state index in [1.165, 1.54) is 5.56 Å². The molecule has 0 spiro atoms. The molecule has 3 rings (SSSR count). The maximum absolute atomic E-state index is 5.97. The molecule has 2 aromatic carbocycles. The van der Waals surface area contributed by atoms with Gasteiger partial charge in [-0.05, 0) is 48.4 Å². The van der Waals surface area contributed by atoms with Crippen molar-refractivity contribution in [3.05, 3.63) is 83.1 Å². The van der Waals surface area contributed by atoms with Crippen molar-refractivity contribution in [1.29, 1.82) is 0 Å². The van der Waals surface area contributed by atoms with Crippen molar-refractivity contribution in [3.8, 4) is 11.3 Å². The molecular weight excluding hydrogens is 353 g/mol. The Hall–Kier alpha value is -1.74. The van der Waals surface area contributed by atoms with Crippen molar-refractivity contribution < 1.29 is 4.42 Å². The molecule has 0 saturated carbocycles. The first kappa shape index (κ1) is 19.6. The van der Waals surface area contributed by atoms with Gasteiger partial charge in [0, 0.05) is 16.6 Å². The molecule has 4 heteroatoms. The molecule has 0 saturated heterocycles. The van der Waals surface area contributed by atoms with Crippen LogP contribution in [-0.2, 0) is 6.54 Å². The van der Waals surface area contributed by atoms with Crippen molar-refractivity contribution in [1.82, 2.24) is 5.32 Å². The Bertz CT molecular complexity index is 753. The lowest BCUT2D eigenvalue weighted by atomic mass is 10.0. The van der Waals surface area contributed by atoms with E-state index < -0.39 is 0 Å². The minimum absolute atomic E-state index is 0. The Morgan fingerprint density at radius 3 is 2.36 bits per heavy atom. The molecular formula is C21H23Cl2NO. The molecule has 132 valence electrons. The first-order valence-corrected chi connectivity index (χ1v) is 8.77. The van der Waals surface area contributed by atoms with Crippen LogP contribution in [0.3, 0.4) is 0 Å². The molecule has 25 heavy (non-hydrogen) atoms. The summed E-state index contributed by atoms with van der Waals surface area (Å²) >= 11 is 5.94. The van der Waals surface area contributed by atoms with Crippen molar-refractivity contribution in [2.45, 2.75) is 32.4 Å². The van der Waals surface area contributed by atoms with Crippen molar-refractivity contribution in [3.63, 3.8) is 0 Å². The third kappa shape index (κ3) is 5.37. The molecule has 1 N–H and O–H groups in total. The van der Waals surface area contributed by atoms with Crippen LogP contribution < -0.4 is 5.32 Å². The van der Waals surface area contributed by atoms with Crippen LogP contribution in [0.5, 0.6) is 0 Å². The second-order valence-electron chi connectivity index (χ2n) is 5.91. The lowest BCUT2D eigenvalue weighted by Crippen LogP contribution is -2.20. The highest BCUT2D eigenvalue weighted by Crippen LogP contribution is 2.25. The second kappa shape index (κ2) is 9.67. The van der Waals surface area contributed by atoms with E-state index in [1.54, 1.807) is 0 Å². The van der Waals surface area contributed by atoms with Gasteiger partial charge in [0.05, 0.1) is 6.54 Å². The van der Waals surface area contributed by atoms with Crippen molar-refractivity contribution >= 4 is 24.0 Å². The lowest BCUT2D eigenvalue weighted by molar-refractivity contribution is 0.439. The van der Waals surface area contributed by atoms with Crippen LogP contribution in [0.1, 0.15) is 37.1 Å². The summed E-state index contributed by atoms with van der Waals surface area (Å²) in [7, 11) is 0. The zero-order chi connectivity index (χ0) is 16.8. The average Bonchev–Trinajstić information content (AvgIpc) is 3.09. The smallest absolute Gasteiger partial charge is 0.134 e. The van der Waals surface area contributed by atoms with Crippen LogP contribution in [0.25, 0.3) is 11.3 Å². The Morgan fingerprint density at radius 1 is 0.960 bits per heavy atom. The quantitative estimate of drug-likeness (QED) is 0.499. The Balaban J connectivity index is 0.00000225. The van der Waals surface area contributed by atoms with Gasteiger partial charge in [0.25, 0.3) is 0 Å². The van der Waals surface area contributed by atoms with Gasteiger partial charge in [0.15, 0.2) is 0 Å². The van der Waals surface area contributed by atoms with E-state index in [0.29, 0.717) is 12.6 Å². The standard InChI is InChI=1S/C21H22ClNO.ClH/c1-2-6-20(16-7-4-3-5-8-16)23-15-19-13-14-21(24-19)17-9-11-18(22)12-10-17;/h3-5,7-14,20,23H,2,6,15H2,1H3;1H. The number of benzene rings is 2. The fourth-order valence-electron chi connectivity index (χ4n) is 2.83. The summed E-state index contributed by atoms with van der Waals surface area (Å²) in [5.41, 5.74) is 2.36. The minimum Gasteiger partial charge on any atom is -0.460 e. The average molecular weight is 376 g/mol. The molecule has 1 unspecified atom stereocenters. The SMILES string of the molecule is CCCC(NCc1ccc(-c2ccc(Cl)cc2)o1)c1ccccc1.Cl. The van der Waals surface area contributed by atoms with Crippen molar-refractivity contribution in [2.24, 2.45) is 0 Å². The van der Waals surface area contributed by atoms with Crippen LogP contribution in [-0.4, -0.2) is 0 Å². The zero-order valence-corrected chi connectivity index (χ0v) is 15.8. The van der Waals surface area contributed by atoms with Crippen LogP contribution in [0.4, 0.5) is 0 Å². The second-order valence-corrected chi connectivity index (χ2v) is 6.34. The zero-order valence-electron chi connectivity index (χ0n) is 14.2. The third-order valence-corrected chi connectivity index (χ3v) is 4.34. The maximum atomic E-state index is 5.97. The largest absolute Gasteiger partial charge is 0.460 e. The highest BCUT2D eigenvalue weighted by molar-refractivity contribution is 6.30. The molecule has 0 amide bonds. The number of hydrogen-bond donors (Lipinski definition) is 1. The number of halogens is 2. The van der Waals surface area contributed by atoms with Gasteiger partial charge >= 0.3 is 0 Å². The summed E-state index contributed by atoms with van der Waals surface area (Å²) in [6.07, 6.45) is 2.25. The van der Waals surface area contributed by atoms with E-state index in [0.717, 1.165) is 34.9 Å². The lowest BCUT2D eigenvalue weighted by Gasteiger charge is -2.17. The fraction of sp³-hybridized carbons (Fsp3) is 0.238. The molecule has 0 aliphatic rings. The van der Waals surface area contributed by atoms with Gasteiger partial charge < -0.3 is 9.73 Å². The van der Waals surface area contributed by atoms with Crippen LogP contribution in [0.15, 0.2) is 71.1 Å². The van der Waals surface area contributed by atoms with Crippen molar-refractivity contribution in [2.75, 3.05) is 0 Å². The first-order chi connectivity index (χ1) is 11.8. The summed E-state index contributed by atoms with van der Waals surface area (Å²) in [6.45, 7) is 2.93. The molecule has 1 heterocycles. The molecule has 0 radical (unpaired) electrons. The molecule has 1 atom stereocenters. The maximum Gasteiger partial charge on any atom is 0.134 e. The topological polar surface area (TPSA) is 25.2 Å². The van der Waals surface area contributed by atoms with Gasteiger partial charge in [0.1, 0.15) is 11.5 Å². The van der Waals surface area contributed by atoms with E-state index in [4.69, 9.17) is 16.0 Å². The van der Waals surface area contributed by atoms with E-state index in [1.807, 2.05) is 36.4 Å². The first-order valence-electron chi connectivity index (χ1n) is 8.39. The van der Waals surface area contributed by atoms with Crippen LogP contribution in [0, 0.1) is 0 Å². The molecule has 1 aromatic heterocycles. The number of hydrogen-bond acceptors (Lipinski definition) is 2. The van der Waals surface area contributed by atoms with Crippen LogP contribution in [0.2, 0.25) is 5.02 Å². The van der Waals surface area contributed by atoms with E-state index in [9.17, 15) is 0 Å². The highest BCUT2D eigenvalue weighted by Gasteiger charge is 2.11. The van der Waals surface area contributed by atoms with Gasteiger partial charge in [-0.2, -0.15) is 0 Å². The minimum atomic E-state index is 0. The summed E-state index contributed by atoms with van der Waals surface area (Å²) in [4.78, 5) is 0. The van der Waals surface area contributed by atoms with Gasteiger partial charge in [-0.3, -0.25) is 0 Å². The van der Waals surface area contributed by atoms with Gasteiger partial charge in [0.2, 0.25) is 0 Å². The fourth-order valence-corrected chi connectivity index (χ4v) is 2.95. The molecule has 0 aliphatic heterocycles. The normalized spacial score (nSPS) is 11.8. The highest BCUT2D eigenvalue weighted by atomic mass is 35.5. The van der Waals surface area contributed by atoms with Crippen LogP contribution >= 0.6 is 24.0 Å². The summed E-state index contributed by atoms with van der Waals surface area (Å²) in [6, 6.07) is 22.7. The van der Waals surface area contributed by atoms with E-state index in [-0.39, 0.29) is 12.4 Å². The third-order valence-electron chi connectivity index (χ3n) is 4.09. The predicted octanol–water partition coefficient (Wildman–Crippen LogP) is 6.65. The molecule has 3 aromatic rings. The molecule has 0 fully saturated rings. The van der Waals surface area contributed by atoms with Gasteiger partial charge in [-0.1, -0.05) is 55.3 Å². The summed E-state index contributed by atoms with van der Waals surface area (Å²) in [5.74, 6) is 1.81. The predicted molar refractivity (Wildman–Crippen MR) is 107 cm³/mol.